The molecule has 0 radical (unpaired) electrons. The fraction of sp³-hybridized carbons (Fsp3) is 0.500. The van der Waals surface area contributed by atoms with Crippen molar-refractivity contribution in [3.05, 3.63) is 22.7 Å². The van der Waals surface area contributed by atoms with Gasteiger partial charge < -0.3 is 10.8 Å². The summed E-state index contributed by atoms with van der Waals surface area (Å²) in [7, 11) is -3.73. The monoisotopic (exact) mass is 350 g/mol. The van der Waals surface area contributed by atoms with Crippen LogP contribution in [0.1, 0.15) is 26.7 Å². The third-order valence-electron chi connectivity index (χ3n) is 2.70. The molecule has 4 N–H and O–H groups in total. The summed E-state index contributed by atoms with van der Waals surface area (Å²) in [6.45, 7) is 3.48. The van der Waals surface area contributed by atoms with E-state index in [1.54, 1.807) is 13.0 Å². The first-order valence-electron chi connectivity index (χ1n) is 5.95. The first-order chi connectivity index (χ1) is 8.68. The van der Waals surface area contributed by atoms with Crippen molar-refractivity contribution >= 4 is 31.6 Å². The number of nitrogens with one attached hydrogen (secondary N) is 1. The van der Waals surface area contributed by atoms with Gasteiger partial charge in [-0.2, -0.15) is 0 Å². The van der Waals surface area contributed by atoms with Crippen LogP contribution in [0.4, 0.5) is 5.69 Å². The van der Waals surface area contributed by atoms with Crippen molar-refractivity contribution in [3.8, 4) is 0 Å². The lowest BCUT2D eigenvalue weighted by Crippen LogP contribution is -2.40. The molecular weight excluding hydrogens is 332 g/mol. The van der Waals surface area contributed by atoms with E-state index in [9.17, 15) is 13.5 Å². The van der Waals surface area contributed by atoms with Gasteiger partial charge in [-0.05, 0) is 31.5 Å². The minimum absolute atomic E-state index is 0.00849. The Hall–Kier alpha value is -0.630. The first kappa shape index (κ1) is 16.4. The Bertz CT molecular complexity index is 544. The van der Waals surface area contributed by atoms with Crippen LogP contribution in [0.25, 0.3) is 0 Å². The van der Waals surface area contributed by atoms with Gasteiger partial charge in [0.2, 0.25) is 10.0 Å². The molecule has 0 spiro atoms. The molecule has 0 bridgehead atoms. The number of nitrogens with two attached hydrogens (primary N) is 1. The molecule has 0 saturated carbocycles. The molecule has 0 amide bonds. The quantitative estimate of drug-likeness (QED) is 0.682. The molecule has 1 rings (SSSR count). The standard InChI is InChI=1S/C12H19BrN2O3S/c1-3-6-12(2,16)8-15-19(17,18)11-7-9(13)4-5-10(11)14/h4-5,7,15-16H,3,6,8,14H2,1-2H3. The zero-order valence-corrected chi connectivity index (χ0v) is 13.4. The molecule has 19 heavy (non-hydrogen) atoms. The van der Waals surface area contributed by atoms with Crippen molar-refractivity contribution in [3.63, 3.8) is 0 Å². The van der Waals surface area contributed by atoms with Crippen LogP contribution < -0.4 is 10.5 Å². The predicted molar refractivity (Wildman–Crippen MR) is 79.3 cm³/mol. The average molecular weight is 351 g/mol. The highest BCUT2D eigenvalue weighted by atomic mass is 79.9. The Balaban J connectivity index is 2.90. The number of nitrogen functional groups attached to an aromatic ring is 1. The summed E-state index contributed by atoms with van der Waals surface area (Å²) >= 11 is 3.21. The summed E-state index contributed by atoms with van der Waals surface area (Å²) in [6, 6.07) is 4.62. The van der Waals surface area contributed by atoms with Crippen LogP contribution in [0, 0.1) is 0 Å². The largest absolute Gasteiger partial charge is 0.398 e. The van der Waals surface area contributed by atoms with Crippen molar-refractivity contribution in [2.24, 2.45) is 0 Å². The van der Waals surface area contributed by atoms with Gasteiger partial charge in [-0.15, -0.1) is 0 Å². The van der Waals surface area contributed by atoms with Crippen LogP contribution in [0.5, 0.6) is 0 Å². The van der Waals surface area contributed by atoms with E-state index in [-0.39, 0.29) is 17.1 Å². The van der Waals surface area contributed by atoms with Gasteiger partial charge >= 0.3 is 0 Å². The highest BCUT2D eigenvalue weighted by Gasteiger charge is 2.24. The van der Waals surface area contributed by atoms with E-state index in [0.29, 0.717) is 10.9 Å². The van der Waals surface area contributed by atoms with Gasteiger partial charge in [0.05, 0.1) is 11.3 Å². The Morgan fingerprint density at radius 2 is 2.11 bits per heavy atom. The van der Waals surface area contributed by atoms with Crippen molar-refractivity contribution in [1.82, 2.24) is 4.72 Å². The molecule has 0 saturated heterocycles. The van der Waals surface area contributed by atoms with Crippen LogP contribution in [-0.4, -0.2) is 25.7 Å². The fourth-order valence-corrected chi connectivity index (χ4v) is 3.53. The van der Waals surface area contributed by atoms with E-state index < -0.39 is 15.6 Å². The molecule has 1 unspecified atom stereocenters. The normalized spacial score (nSPS) is 15.2. The number of hydrogen-bond donors (Lipinski definition) is 3. The number of halogens is 1. The second kappa shape index (κ2) is 6.21. The molecule has 0 aliphatic rings. The number of aliphatic hydroxyl groups is 1. The van der Waals surface area contributed by atoms with Gasteiger partial charge in [0, 0.05) is 11.0 Å². The SMILES string of the molecule is CCCC(C)(O)CNS(=O)(=O)c1cc(Br)ccc1N. The third-order valence-corrected chi connectivity index (χ3v) is 4.65. The minimum Gasteiger partial charge on any atom is -0.398 e. The van der Waals surface area contributed by atoms with Gasteiger partial charge in [0.15, 0.2) is 0 Å². The molecule has 1 atom stereocenters. The highest BCUT2D eigenvalue weighted by Crippen LogP contribution is 2.23. The van der Waals surface area contributed by atoms with Gasteiger partial charge in [0.25, 0.3) is 0 Å². The van der Waals surface area contributed by atoms with E-state index in [0.717, 1.165) is 6.42 Å². The highest BCUT2D eigenvalue weighted by molar-refractivity contribution is 9.10. The van der Waals surface area contributed by atoms with Gasteiger partial charge in [-0.1, -0.05) is 29.3 Å². The fourth-order valence-electron chi connectivity index (χ4n) is 1.70. The maximum atomic E-state index is 12.1. The van der Waals surface area contributed by atoms with Gasteiger partial charge in [-0.3, -0.25) is 0 Å². The van der Waals surface area contributed by atoms with E-state index in [1.165, 1.54) is 12.1 Å². The molecule has 0 heterocycles. The molecule has 0 aliphatic heterocycles. The van der Waals surface area contributed by atoms with Crippen LogP contribution in [0.2, 0.25) is 0 Å². The summed E-state index contributed by atoms with van der Waals surface area (Å²) in [5, 5.41) is 9.98. The Kier molecular flexibility index (Phi) is 5.37. The summed E-state index contributed by atoms with van der Waals surface area (Å²) in [5.41, 5.74) is 4.78. The van der Waals surface area contributed by atoms with E-state index in [1.807, 2.05) is 6.92 Å². The second-order valence-corrected chi connectivity index (χ2v) is 7.40. The number of anilines is 1. The topological polar surface area (TPSA) is 92.4 Å². The van der Waals surface area contributed by atoms with Crippen molar-refractivity contribution in [1.29, 1.82) is 0 Å². The summed E-state index contributed by atoms with van der Waals surface area (Å²) < 4.78 is 27.3. The van der Waals surface area contributed by atoms with Crippen molar-refractivity contribution in [2.45, 2.75) is 37.2 Å². The summed E-state index contributed by atoms with van der Waals surface area (Å²) in [5.74, 6) is 0. The Labute approximate surface area is 122 Å². The third kappa shape index (κ3) is 4.76. The van der Waals surface area contributed by atoms with Crippen LogP contribution in [-0.2, 0) is 10.0 Å². The van der Waals surface area contributed by atoms with E-state index >= 15 is 0 Å². The van der Waals surface area contributed by atoms with E-state index in [4.69, 9.17) is 5.73 Å². The number of hydrogen-bond acceptors (Lipinski definition) is 4. The second-order valence-electron chi connectivity index (χ2n) is 4.75. The Morgan fingerprint density at radius 3 is 2.68 bits per heavy atom. The summed E-state index contributed by atoms with van der Waals surface area (Å²) in [4.78, 5) is 0.00849. The predicted octanol–water partition coefficient (Wildman–Crippen LogP) is 1.86. The summed E-state index contributed by atoms with van der Waals surface area (Å²) in [6.07, 6.45) is 1.29. The van der Waals surface area contributed by atoms with Gasteiger partial charge in [0.1, 0.15) is 4.90 Å². The Morgan fingerprint density at radius 1 is 1.47 bits per heavy atom. The maximum Gasteiger partial charge on any atom is 0.242 e. The number of sulfonamides is 1. The minimum atomic E-state index is -3.73. The molecule has 0 fully saturated rings. The lowest BCUT2D eigenvalue weighted by atomic mass is 10.0. The maximum absolute atomic E-state index is 12.1. The zero-order valence-electron chi connectivity index (χ0n) is 11.0. The smallest absolute Gasteiger partial charge is 0.242 e. The zero-order chi connectivity index (χ0) is 14.7. The number of rotatable bonds is 6. The lowest BCUT2D eigenvalue weighted by molar-refractivity contribution is 0.0554. The average Bonchev–Trinajstić information content (AvgIpc) is 2.30. The molecular formula is C12H19BrN2O3S. The van der Waals surface area contributed by atoms with Crippen molar-refractivity contribution in [2.75, 3.05) is 12.3 Å². The lowest BCUT2D eigenvalue weighted by Gasteiger charge is -2.23. The first-order valence-corrected chi connectivity index (χ1v) is 8.22. The van der Waals surface area contributed by atoms with E-state index in [2.05, 4.69) is 20.7 Å². The molecule has 0 aromatic heterocycles. The molecule has 0 aliphatic carbocycles. The molecule has 1 aromatic carbocycles. The van der Waals surface area contributed by atoms with Crippen LogP contribution in [0.15, 0.2) is 27.6 Å². The van der Waals surface area contributed by atoms with Crippen LogP contribution in [0.3, 0.4) is 0 Å². The molecule has 5 nitrogen and oxygen atoms in total. The van der Waals surface area contributed by atoms with Gasteiger partial charge in [-0.25, -0.2) is 13.1 Å². The molecule has 108 valence electrons. The molecule has 1 aromatic rings. The van der Waals surface area contributed by atoms with Crippen LogP contribution >= 0.6 is 15.9 Å². The van der Waals surface area contributed by atoms with Crippen molar-refractivity contribution < 1.29 is 13.5 Å². The molecule has 7 heteroatoms. The number of benzene rings is 1.